The molecule has 2 aliphatic heterocycles. The van der Waals surface area contributed by atoms with Crippen molar-refractivity contribution >= 4 is 56.8 Å². The van der Waals surface area contributed by atoms with Gasteiger partial charge in [0.05, 0.1) is 15.8 Å². The van der Waals surface area contributed by atoms with Crippen LogP contribution in [0.2, 0.25) is 10.0 Å². The minimum Gasteiger partial charge on any atom is -0.354 e. The highest BCUT2D eigenvalue weighted by molar-refractivity contribution is 7.89. The maximum absolute atomic E-state index is 12.5. The number of Topliss-reactive ketones (excluding diaryl/α,β-unsaturated/α-hetero) is 1. The smallest absolute Gasteiger partial charge is 0.299 e. The number of rotatable bonds is 5. The molecular formula is C19H22Cl2N4O5S. The molecule has 0 aliphatic carbocycles. The zero-order chi connectivity index (χ0) is 22.8. The summed E-state index contributed by atoms with van der Waals surface area (Å²) in [5.41, 5.74) is 0.935. The van der Waals surface area contributed by atoms with Crippen molar-refractivity contribution in [1.29, 1.82) is 0 Å². The zero-order valence-electron chi connectivity index (χ0n) is 16.8. The molecule has 0 bridgehead atoms. The van der Waals surface area contributed by atoms with E-state index in [0.717, 1.165) is 14.8 Å². The maximum atomic E-state index is 12.5. The van der Waals surface area contributed by atoms with Gasteiger partial charge in [-0.2, -0.15) is 0 Å². The molecule has 1 aromatic carbocycles. The van der Waals surface area contributed by atoms with E-state index in [1.54, 1.807) is 12.1 Å². The molecule has 31 heavy (non-hydrogen) atoms. The standard InChI is InChI=1S/C19H22Cl2N4O5S/c1-24-18(28)16(26)15(23-19(24)25-9-2-3-10-31(25,29)30)17(27)22-8-4-5-12-6-7-13(20)14(21)11-12/h6-7,11,15H,2-5,8-10H2,1H3,(H,22,27). The van der Waals surface area contributed by atoms with Crippen LogP contribution in [0.5, 0.6) is 0 Å². The van der Waals surface area contributed by atoms with Gasteiger partial charge in [-0.1, -0.05) is 29.3 Å². The Bertz CT molecular complexity index is 1040. The van der Waals surface area contributed by atoms with E-state index in [2.05, 4.69) is 10.3 Å². The molecule has 0 radical (unpaired) electrons. The van der Waals surface area contributed by atoms with Crippen LogP contribution in [0.3, 0.4) is 0 Å². The molecule has 1 aromatic rings. The van der Waals surface area contributed by atoms with Crippen molar-refractivity contribution in [3.63, 3.8) is 0 Å². The number of aryl methyl sites for hydroxylation is 1. The van der Waals surface area contributed by atoms with Gasteiger partial charge in [0.15, 0.2) is 6.04 Å². The van der Waals surface area contributed by atoms with Crippen LogP contribution in [0.1, 0.15) is 24.8 Å². The molecule has 2 heterocycles. The highest BCUT2D eigenvalue weighted by Crippen LogP contribution is 2.23. The number of guanidine groups is 1. The van der Waals surface area contributed by atoms with Crippen molar-refractivity contribution in [2.24, 2.45) is 4.99 Å². The third kappa shape index (κ3) is 5.19. The highest BCUT2D eigenvalue weighted by Gasteiger charge is 2.43. The van der Waals surface area contributed by atoms with Crippen molar-refractivity contribution in [2.75, 3.05) is 25.9 Å². The molecule has 1 unspecified atom stereocenters. The first-order chi connectivity index (χ1) is 14.6. The largest absolute Gasteiger partial charge is 0.354 e. The number of halogens is 2. The molecule has 1 N–H and O–H groups in total. The number of nitrogens with zero attached hydrogens (tertiary/aromatic N) is 3. The second-order valence-corrected chi connectivity index (χ2v) is 10.1. The number of likely N-dealkylation sites (N-methyl/N-ethyl adjacent to an activating group) is 1. The number of hydrogen-bond acceptors (Lipinski definition) is 6. The molecule has 0 saturated carbocycles. The monoisotopic (exact) mass is 488 g/mol. The Labute approximate surface area is 190 Å². The van der Waals surface area contributed by atoms with Crippen LogP contribution in [-0.2, 0) is 30.8 Å². The van der Waals surface area contributed by atoms with E-state index in [0.29, 0.717) is 35.7 Å². The van der Waals surface area contributed by atoms with Gasteiger partial charge in [0.25, 0.3) is 17.6 Å². The van der Waals surface area contributed by atoms with E-state index < -0.39 is 33.7 Å². The fourth-order valence-electron chi connectivity index (χ4n) is 3.35. The summed E-state index contributed by atoms with van der Waals surface area (Å²) in [7, 11) is -2.39. The first-order valence-corrected chi connectivity index (χ1v) is 12.1. The highest BCUT2D eigenvalue weighted by atomic mass is 35.5. The fraction of sp³-hybridized carbons (Fsp3) is 0.474. The molecule has 1 fully saturated rings. The molecule has 1 atom stereocenters. The molecule has 0 spiro atoms. The van der Waals surface area contributed by atoms with Crippen LogP contribution in [0, 0.1) is 0 Å². The summed E-state index contributed by atoms with van der Waals surface area (Å²) < 4.78 is 25.8. The van der Waals surface area contributed by atoms with Crippen molar-refractivity contribution in [1.82, 2.24) is 14.5 Å². The van der Waals surface area contributed by atoms with Gasteiger partial charge < -0.3 is 5.32 Å². The van der Waals surface area contributed by atoms with Gasteiger partial charge in [0, 0.05) is 20.1 Å². The first-order valence-electron chi connectivity index (χ1n) is 9.73. The van der Waals surface area contributed by atoms with E-state index in [-0.39, 0.29) is 24.8 Å². The third-order valence-corrected chi connectivity index (χ3v) is 7.62. The predicted octanol–water partition coefficient (Wildman–Crippen LogP) is 1.23. The van der Waals surface area contributed by atoms with E-state index in [1.807, 2.05) is 6.07 Å². The number of amides is 2. The SMILES string of the molecule is CN1C(=O)C(=O)C(C(=O)NCCCc2ccc(Cl)c(Cl)c2)N=C1N1CCCCS1(=O)=O. The van der Waals surface area contributed by atoms with Crippen LogP contribution >= 0.6 is 23.2 Å². The van der Waals surface area contributed by atoms with E-state index in [4.69, 9.17) is 23.2 Å². The van der Waals surface area contributed by atoms with Crippen molar-refractivity contribution in [3.05, 3.63) is 33.8 Å². The van der Waals surface area contributed by atoms with Gasteiger partial charge >= 0.3 is 0 Å². The van der Waals surface area contributed by atoms with Gasteiger partial charge in [-0.3, -0.25) is 19.3 Å². The van der Waals surface area contributed by atoms with Crippen LogP contribution in [0.4, 0.5) is 0 Å². The van der Waals surface area contributed by atoms with Gasteiger partial charge in [-0.15, -0.1) is 0 Å². The number of aliphatic imine (C=N–C) groups is 1. The Morgan fingerprint density at radius 3 is 2.65 bits per heavy atom. The molecular weight excluding hydrogens is 467 g/mol. The molecule has 2 aliphatic rings. The number of carbonyl (C=O) groups is 3. The number of hydrogen-bond donors (Lipinski definition) is 1. The van der Waals surface area contributed by atoms with Crippen molar-refractivity contribution < 1.29 is 22.8 Å². The summed E-state index contributed by atoms with van der Waals surface area (Å²) in [6.07, 6.45) is 2.26. The average Bonchev–Trinajstić information content (AvgIpc) is 2.72. The minimum atomic E-state index is -3.66. The molecule has 2 amide bonds. The number of carbonyl (C=O) groups excluding carboxylic acids is 3. The van der Waals surface area contributed by atoms with Gasteiger partial charge in [0.2, 0.25) is 16.0 Å². The van der Waals surface area contributed by atoms with Gasteiger partial charge in [0.1, 0.15) is 0 Å². The summed E-state index contributed by atoms with van der Waals surface area (Å²) in [6, 6.07) is 3.64. The molecule has 0 aromatic heterocycles. The summed E-state index contributed by atoms with van der Waals surface area (Å²) in [5, 5.41) is 3.48. The van der Waals surface area contributed by atoms with Crippen LogP contribution in [-0.4, -0.2) is 73.1 Å². The van der Waals surface area contributed by atoms with Gasteiger partial charge in [-0.05, 0) is 43.4 Å². The Kier molecular flexibility index (Phi) is 7.23. The summed E-state index contributed by atoms with van der Waals surface area (Å²) in [6.45, 7) is 0.380. The normalized spacial score (nSPS) is 21.1. The van der Waals surface area contributed by atoms with Crippen molar-refractivity contribution in [3.8, 4) is 0 Å². The second kappa shape index (κ2) is 9.54. The lowest BCUT2D eigenvalue weighted by Gasteiger charge is -2.35. The third-order valence-electron chi connectivity index (χ3n) is 5.05. The van der Waals surface area contributed by atoms with E-state index >= 15 is 0 Å². The Hall–Kier alpha value is -2.17. The Morgan fingerprint density at radius 2 is 1.97 bits per heavy atom. The summed E-state index contributed by atoms with van der Waals surface area (Å²) in [5.74, 6) is -2.98. The maximum Gasteiger partial charge on any atom is 0.299 e. The number of sulfonamides is 1. The number of nitrogens with one attached hydrogen (secondary N) is 1. The Morgan fingerprint density at radius 1 is 1.23 bits per heavy atom. The molecule has 1 saturated heterocycles. The van der Waals surface area contributed by atoms with Crippen LogP contribution in [0.15, 0.2) is 23.2 Å². The quantitative estimate of drug-likeness (QED) is 0.380. The van der Waals surface area contributed by atoms with Crippen LogP contribution < -0.4 is 5.32 Å². The fourth-order valence-corrected chi connectivity index (χ4v) is 5.29. The molecule has 3 rings (SSSR count). The first kappa shape index (κ1) is 23.5. The predicted molar refractivity (Wildman–Crippen MR) is 117 cm³/mol. The average molecular weight is 489 g/mol. The second-order valence-electron chi connectivity index (χ2n) is 7.30. The number of ketones is 1. The minimum absolute atomic E-state index is 0.0758. The van der Waals surface area contributed by atoms with Crippen molar-refractivity contribution in [2.45, 2.75) is 31.7 Å². The van der Waals surface area contributed by atoms with E-state index in [9.17, 15) is 22.8 Å². The molecule has 9 nitrogen and oxygen atoms in total. The molecule has 168 valence electrons. The lowest BCUT2D eigenvalue weighted by Crippen LogP contribution is -2.59. The zero-order valence-corrected chi connectivity index (χ0v) is 19.1. The lowest BCUT2D eigenvalue weighted by molar-refractivity contribution is -0.145. The van der Waals surface area contributed by atoms with E-state index in [1.165, 1.54) is 7.05 Å². The summed E-state index contributed by atoms with van der Waals surface area (Å²) in [4.78, 5) is 42.2. The Balaban J connectivity index is 1.67. The molecule has 12 heteroatoms. The summed E-state index contributed by atoms with van der Waals surface area (Å²) >= 11 is 11.9. The topological polar surface area (TPSA) is 116 Å². The van der Waals surface area contributed by atoms with Gasteiger partial charge in [-0.25, -0.2) is 17.7 Å². The lowest BCUT2D eigenvalue weighted by atomic mass is 10.1. The van der Waals surface area contributed by atoms with Crippen LogP contribution in [0.25, 0.3) is 0 Å². The number of benzene rings is 1.